The number of rotatable bonds is 7. The monoisotopic (exact) mass is 364 g/mol. The molecule has 0 saturated heterocycles. The van der Waals surface area contributed by atoms with Gasteiger partial charge in [-0.25, -0.2) is 12.8 Å². The molecule has 0 bridgehead atoms. The Balaban J connectivity index is 1.93. The van der Waals surface area contributed by atoms with Crippen molar-refractivity contribution < 1.29 is 17.6 Å². The predicted octanol–water partition coefficient (Wildman–Crippen LogP) is 2.26. The van der Waals surface area contributed by atoms with Crippen molar-refractivity contribution >= 4 is 21.6 Å². The first-order valence-electron chi connectivity index (χ1n) is 7.81. The highest BCUT2D eigenvalue weighted by atomic mass is 32.2. The van der Waals surface area contributed by atoms with Gasteiger partial charge in [-0.2, -0.15) is 0 Å². The number of nitrogens with one attached hydrogen (secondary N) is 1. The zero-order valence-corrected chi connectivity index (χ0v) is 15.0. The number of nitrogens with zero attached hydrogens (tertiary/aromatic N) is 1. The number of aryl methyl sites for hydroxylation is 1. The Hall–Kier alpha value is -2.41. The predicted molar refractivity (Wildman–Crippen MR) is 96.5 cm³/mol. The molecule has 0 aliphatic carbocycles. The van der Waals surface area contributed by atoms with Crippen molar-refractivity contribution in [1.29, 1.82) is 0 Å². The van der Waals surface area contributed by atoms with Crippen LogP contribution >= 0.6 is 0 Å². The molecule has 5 nitrogen and oxygen atoms in total. The van der Waals surface area contributed by atoms with Crippen molar-refractivity contribution in [3.8, 4) is 0 Å². The second-order valence-electron chi connectivity index (χ2n) is 5.82. The first-order valence-corrected chi connectivity index (χ1v) is 9.66. The van der Waals surface area contributed by atoms with Gasteiger partial charge >= 0.3 is 0 Å². The highest BCUT2D eigenvalue weighted by Crippen LogP contribution is 2.17. The molecule has 25 heavy (non-hydrogen) atoms. The third-order valence-corrected chi connectivity index (χ3v) is 4.83. The van der Waals surface area contributed by atoms with E-state index < -0.39 is 10.0 Å². The lowest BCUT2D eigenvalue weighted by Gasteiger charge is -2.22. The lowest BCUT2D eigenvalue weighted by Crippen LogP contribution is -2.38. The maximum atomic E-state index is 12.9. The van der Waals surface area contributed by atoms with Crippen molar-refractivity contribution in [2.45, 2.75) is 13.3 Å². The van der Waals surface area contributed by atoms with Crippen LogP contribution in [0, 0.1) is 12.7 Å². The molecule has 0 unspecified atom stereocenters. The number of amides is 1. The van der Waals surface area contributed by atoms with Gasteiger partial charge in [-0.05, 0) is 36.8 Å². The van der Waals surface area contributed by atoms with E-state index in [4.69, 9.17) is 0 Å². The van der Waals surface area contributed by atoms with Crippen LogP contribution < -0.4 is 9.62 Å². The van der Waals surface area contributed by atoms with Gasteiger partial charge in [-0.1, -0.05) is 29.8 Å². The van der Waals surface area contributed by atoms with Gasteiger partial charge in [0.1, 0.15) is 5.82 Å². The van der Waals surface area contributed by atoms with Crippen LogP contribution in [-0.4, -0.2) is 33.7 Å². The topological polar surface area (TPSA) is 66.5 Å². The Kier molecular flexibility index (Phi) is 6.14. The molecular weight excluding hydrogens is 343 g/mol. The van der Waals surface area contributed by atoms with Crippen molar-refractivity contribution in [3.05, 3.63) is 65.5 Å². The number of anilines is 1. The van der Waals surface area contributed by atoms with E-state index in [0.29, 0.717) is 11.3 Å². The van der Waals surface area contributed by atoms with Crippen LogP contribution in [0.15, 0.2) is 48.5 Å². The molecule has 2 rings (SSSR count). The minimum absolute atomic E-state index is 0.115. The zero-order valence-electron chi connectivity index (χ0n) is 14.2. The van der Waals surface area contributed by atoms with Crippen molar-refractivity contribution in [3.63, 3.8) is 0 Å². The molecule has 0 aliphatic heterocycles. The van der Waals surface area contributed by atoms with E-state index in [9.17, 15) is 17.6 Å². The summed E-state index contributed by atoms with van der Waals surface area (Å²) in [7, 11) is -3.45. The molecule has 134 valence electrons. The fraction of sp³-hybridized carbons (Fsp3) is 0.278. The fourth-order valence-electron chi connectivity index (χ4n) is 2.34. The first kappa shape index (κ1) is 18.9. The number of benzene rings is 2. The SMILES string of the molecule is Cc1ccc(N(CCNC(=O)Cc2ccc(F)cc2)S(C)(=O)=O)cc1. The van der Waals surface area contributed by atoms with Gasteiger partial charge in [0.2, 0.25) is 15.9 Å². The van der Waals surface area contributed by atoms with E-state index in [0.717, 1.165) is 11.8 Å². The maximum Gasteiger partial charge on any atom is 0.232 e. The highest BCUT2D eigenvalue weighted by Gasteiger charge is 2.17. The highest BCUT2D eigenvalue weighted by molar-refractivity contribution is 7.92. The van der Waals surface area contributed by atoms with Crippen molar-refractivity contribution in [2.24, 2.45) is 0 Å². The molecule has 1 amide bonds. The standard InChI is InChI=1S/C18H21FN2O3S/c1-14-3-9-17(10-4-14)21(25(2,23)24)12-11-20-18(22)13-15-5-7-16(19)8-6-15/h3-10H,11-13H2,1-2H3,(H,20,22). The van der Waals surface area contributed by atoms with Crippen LogP contribution in [0.3, 0.4) is 0 Å². The lowest BCUT2D eigenvalue weighted by molar-refractivity contribution is -0.120. The van der Waals surface area contributed by atoms with Crippen LogP contribution in [0.25, 0.3) is 0 Å². The Morgan fingerprint density at radius 2 is 1.68 bits per heavy atom. The van der Waals surface area contributed by atoms with E-state index in [1.807, 2.05) is 19.1 Å². The molecule has 0 aliphatic rings. The Morgan fingerprint density at radius 3 is 2.24 bits per heavy atom. The van der Waals surface area contributed by atoms with Crippen LogP contribution in [0.2, 0.25) is 0 Å². The molecule has 7 heteroatoms. The lowest BCUT2D eigenvalue weighted by atomic mass is 10.1. The molecule has 0 radical (unpaired) electrons. The molecule has 0 atom stereocenters. The molecule has 0 heterocycles. The molecule has 0 spiro atoms. The molecule has 2 aromatic rings. The number of sulfonamides is 1. The maximum absolute atomic E-state index is 12.9. The zero-order chi connectivity index (χ0) is 18.4. The van der Waals surface area contributed by atoms with Crippen LogP contribution in [0.4, 0.5) is 10.1 Å². The molecule has 0 saturated carbocycles. The van der Waals surface area contributed by atoms with Gasteiger partial charge in [0.25, 0.3) is 0 Å². The third kappa shape index (κ3) is 5.86. The first-order chi connectivity index (χ1) is 11.8. The van der Waals surface area contributed by atoms with E-state index in [1.54, 1.807) is 24.3 Å². The number of hydrogen-bond acceptors (Lipinski definition) is 3. The summed E-state index contributed by atoms with van der Waals surface area (Å²) in [6.45, 7) is 2.24. The molecule has 0 aromatic heterocycles. The van der Waals surface area contributed by atoms with Gasteiger partial charge in [0.05, 0.1) is 24.9 Å². The van der Waals surface area contributed by atoms with Crippen molar-refractivity contribution in [2.75, 3.05) is 23.7 Å². The summed E-state index contributed by atoms with van der Waals surface area (Å²) >= 11 is 0. The smallest absolute Gasteiger partial charge is 0.232 e. The summed E-state index contributed by atoms with van der Waals surface area (Å²) in [6.07, 6.45) is 1.25. The summed E-state index contributed by atoms with van der Waals surface area (Å²) in [5.74, 6) is -0.602. The second kappa shape index (κ2) is 8.11. The average Bonchev–Trinajstić information content (AvgIpc) is 2.54. The van der Waals surface area contributed by atoms with Gasteiger partial charge in [-0.3, -0.25) is 9.10 Å². The molecule has 0 fully saturated rings. The third-order valence-electron chi connectivity index (χ3n) is 3.64. The van der Waals surface area contributed by atoms with E-state index in [-0.39, 0.29) is 31.2 Å². The van der Waals surface area contributed by atoms with Gasteiger partial charge < -0.3 is 5.32 Å². The number of hydrogen-bond donors (Lipinski definition) is 1. The number of carbonyl (C=O) groups is 1. The Bertz CT molecular complexity index is 818. The van der Waals surface area contributed by atoms with Gasteiger partial charge in [0, 0.05) is 6.54 Å². The largest absolute Gasteiger partial charge is 0.354 e. The number of halogens is 1. The summed E-state index contributed by atoms with van der Waals surface area (Å²) in [6, 6.07) is 12.8. The summed E-state index contributed by atoms with van der Waals surface area (Å²) < 4.78 is 38.1. The Morgan fingerprint density at radius 1 is 1.08 bits per heavy atom. The van der Waals surface area contributed by atoms with Crippen LogP contribution in [-0.2, 0) is 21.2 Å². The van der Waals surface area contributed by atoms with Crippen LogP contribution in [0.1, 0.15) is 11.1 Å². The molecular formula is C18H21FN2O3S. The summed E-state index contributed by atoms with van der Waals surface area (Å²) in [5.41, 5.74) is 2.28. The van der Waals surface area contributed by atoms with E-state index in [2.05, 4.69) is 5.32 Å². The normalized spacial score (nSPS) is 11.2. The van der Waals surface area contributed by atoms with Gasteiger partial charge in [0.15, 0.2) is 0 Å². The average molecular weight is 364 g/mol. The molecule has 2 aromatic carbocycles. The van der Waals surface area contributed by atoms with Crippen LogP contribution in [0.5, 0.6) is 0 Å². The fourth-order valence-corrected chi connectivity index (χ4v) is 3.27. The Labute approximate surface area is 147 Å². The summed E-state index contributed by atoms with van der Waals surface area (Å²) in [5, 5.41) is 2.69. The minimum atomic E-state index is -3.45. The van der Waals surface area contributed by atoms with E-state index >= 15 is 0 Å². The van der Waals surface area contributed by atoms with Crippen molar-refractivity contribution in [1.82, 2.24) is 5.32 Å². The minimum Gasteiger partial charge on any atom is -0.354 e. The number of carbonyl (C=O) groups excluding carboxylic acids is 1. The summed E-state index contributed by atoms with van der Waals surface area (Å²) in [4.78, 5) is 11.9. The molecule has 1 N–H and O–H groups in total. The van der Waals surface area contributed by atoms with E-state index in [1.165, 1.54) is 16.4 Å². The second-order valence-corrected chi connectivity index (χ2v) is 7.73. The quantitative estimate of drug-likeness (QED) is 0.819. The van der Waals surface area contributed by atoms with Gasteiger partial charge in [-0.15, -0.1) is 0 Å².